The smallest absolute Gasteiger partial charge is 0.323 e. The van der Waals surface area contributed by atoms with Crippen molar-refractivity contribution < 1.29 is 37.2 Å². The number of aromatic amines is 1. The maximum Gasteiger partial charge on any atom is 0.323 e. The third-order valence-electron chi connectivity index (χ3n) is 6.01. The first-order valence-electron chi connectivity index (χ1n) is 13.1. The quantitative estimate of drug-likeness (QED) is 0.156. The Morgan fingerprint density at radius 2 is 1.95 bits per heavy atom. The fourth-order valence-electron chi connectivity index (χ4n) is 4.28. The zero-order chi connectivity index (χ0) is 29.9. The fraction of sp³-hybridized carbons (Fsp3) is 0.444. The monoisotopic (exact) mass is 591 g/mol. The van der Waals surface area contributed by atoms with Crippen molar-refractivity contribution in [3.63, 3.8) is 0 Å². The first kappa shape index (κ1) is 30.4. The van der Waals surface area contributed by atoms with Gasteiger partial charge < -0.3 is 28.5 Å². The molecule has 0 spiro atoms. The summed E-state index contributed by atoms with van der Waals surface area (Å²) in [7, 11) is -2.21. The van der Waals surface area contributed by atoms with Crippen LogP contribution in [-0.4, -0.2) is 63.9 Å². The average molecular weight is 592 g/mol. The highest BCUT2D eigenvalue weighted by Gasteiger charge is 2.31. The SMILES string of the molecule is COCP(=O)(NC(C)C(=O)OC(C)C)OC(C)COc1cn2ncnc(Oc3ccc4[nH]c(C)cc4c3F)c2c1C. The van der Waals surface area contributed by atoms with Crippen LogP contribution in [0.1, 0.15) is 39.0 Å². The number of benzene rings is 1. The molecule has 3 unspecified atom stereocenters. The number of aryl methyl sites for hydroxylation is 2. The van der Waals surface area contributed by atoms with Gasteiger partial charge in [-0.1, -0.05) is 0 Å². The molecule has 0 aliphatic carbocycles. The Balaban J connectivity index is 1.47. The molecule has 222 valence electrons. The van der Waals surface area contributed by atoms with Gasteiger partial charge in [0.15, 0.2) is 11.6 Å². The number of ether oxygens (including phenoxy) is 4. The second-order valence-electron chi connectivity index (χ2n) is 10.0. The highest BCUT2D eigenvalue weighted by molar-refractivity contribution is 7.56. The molecule has 41 heavy (non-hydrogen) atoms. The molecule has 3 aromatic heterocycles. The normalized spacial score (nSPS) is 14.8. The second-order valence-corrected chi connectivity index (χ2v) is 12.1. The lowest BCUT2D eigenvalue weighted by Crippen LogP contribution is -2.37. The van der Waals surface area contributed by atoms with Gasteiger partial charge in [0.2, 0.25) is 5.88 Å². The lowest BCUT2D eigenvalue weighted by atomic mass is 10.2. The van der Waals surface area contributed by atoms with Gasteiger partial charge in [0.05, 0.1) is 18.4 Å². The lowest BCUT2D eigenvalue weighted by Gasteiger charge is -2.25. The van der Waals surface area contributed by atoms with Crippen molar-refractivity contribution in [3.8, 4) is 17.4 Å². The minimum absolute atomic E-state index is 0.0136. The van der Waals surface area contributed by atoms with Crippen LogP contribution < -0.4 is 14.6 Å². The van der Waals surface area contributed by atoms with Gasteiger partial charge in [-0.3, -0.25) is 9.36 Å². The van der Waals surface area contributed by atoms with E-state index in [-0.39, 0.29) is 30.7 Å². The Morgan fingerprint density at radius 3 is 2.66 bits per heavy atom. The third kappa shape index (κ3) is 7.05. The Kier molecular flexibility index (Phi) is 9.33. The molecule has 0 saturated heterocycles. The van der Waals surface area contributed by atoms with E-state index in [0.717, 1.165) is 5.69 Å². The van der Waals surface area contributed by atoms with Crippen LogP contribution in [0.4, 0.5) is 4.39 Å². The Morgan fingerprint density at radius 1 is 1.20 bits per heavy atom. The van der Waals surface area contributed by atoms with Crippen LogP contribution in [0.15, 0.2) is 30.7 Å². The molecule has 4 aromatic rings. The molecule has 3 heterocycles. The number of nitrogens with one attached hydrogen (secondary N) is 2. The molecule has 14 heteroatoms. The van der Waals surface area contributed by atoms with Gasteiger partial charge in [0.25, 0.3) is 7.52 Å². The maximum absolute atomic E-state index is 15.2. The van der Waals surface area contributed by atoms with Crippen molar-refractivity contribution in [1.29, 1.82) is 0 Å². The molecule has 4 rings (SSSR count). The summed E-state index contributed by atoms with van der Waals surface area (Å²) in [5.74, 6) is -0.432. The van der Waals surface area contributed by atoms with Gasteiger partial charge in [-0.2, -0.15) is 10.1 Å². The van der Waals surface area contributed by atoms with Gasteiger partial charge >= 0.3 is 5.97 Å². The number of hydrogen-bond acceptors (Lipinski definition) is 9. The number of fused-ring (bicyclic) bond motifs is 2. The van der Waals surface area contributed by atoms with Crippen molar-refractivity contribution in [1.82, 2.24) is 24.7 Å². The number of carbonyl (C=O) groups excluding carboxylic acids is 1. The van der Waals surface area contributed by atoms with Crippen LogP contribution >= 0.6 is 7.52 Å². The molecule has 0 radical (unpaired) electrons. The number of halogens is 1. The van der Waals surface area contributed by atoms with E-state index in [1.807, 2.05) is 6.92 Å². The second kappa shape index (κ2) is 12.6. The zero-order valence-electron chi connectivity index (χ0n) is 24.1. The highest BCUT2D eigenvalue weighted by atomic mass is 31.2. The number of nitrogens with zero attached hydrogens (tertiary/aromatic N) is 3. The summed E-state index contributed by atoms with van der Waals surface area (Å²) >= 11 is 0. The van der Waals surface area contributed by atoms with E-state index in [1.165, 1.54) is 30.9 Å². The van der Waals surface area contributed by atoms with E-state index in [0.29, 0.717) is 27.7 Å². The molecule has 0 amide bonds. The van der Waals surface area contributed by atoms with Crippen LogP contribution in [-0.2, 0) is 23.4 Å². The molecular formula is C27H35FN5O7P. The summed E-state index contributed by atoms with van der Waals surface area (Å²) in [5, 5.41) is 7.36. The van der Waals surface area contributed by atoms with Crippen molar-refractivity contribution in [2.75, 3.05) is 20.1 Å². The highest BCUT2D eigenvalue weighted by Crippen LogP contribution is 2.44. The van der Waals surface area contributed by atoms with Crippen molar-refractivity contribution in [2.24, 2.45) is 0 Å². The number of esters is 1. The standard InChI is InChI=1S/C27H35FN5O7P/c1-15(2)38-27(34)19(6)32-41(35,14-36-7)40-17(4)12-37-23-11-33-25(18(23)5)26(29-13-30-33)39-22-9-8-21-20(24(22)28)10-16(3)31-21/h8-11,13,15,17,19,31H,12,14H2,1-7H3,(H,32,35). The molecule has 2 N–H and O–H groups in total. The summed E-state index contributed by atoms with van der Waals surface area (Å²) in [5.41, 5.74) is 2.64. The number of H-pyrrole nitrogens is 1. The number of hydrogen-bond donors (Lipinski definition) is 2. The average Bonchev–Trinajstić information content (AvgIpc) is 3.43. The van der Waals surface area contributed by atoms with Crippen LogP contribution in [0.3, 0.4) is 0 Å². The first-order chi connectivity index (χ1) is 19.4. The van der Waals surface area contributed by atoms with E-state index in [9.17, 15) is 9.36 Å². The largest absolute Gasteiger partial charge is 0.489 e. The molecule has 0 fully saturated rings. The number of rotatable bonds is 13. The summed E-state index contributed by atoms with van der Waals surface area (Å²) in [6.07, 6.45) is 1.70. The van der Waals surface area contributed by atoms with Crippen molar-refractivity contribution in [3.05, 3.63) is 47.8 Å². The molecule has 1 aromatic carbocycles. The Labute approximate surface area is 237 Å². The summed E-state index contributed by atoms with van der Waals surface area (Å²) in [4.78, 5) is 19.5. The third-order valence-corrected chi connectivity index (χ3v) is 8.09. The van der Waals surface area contributed by atoms with Gasteiger partial charge in [-0.25, -0.2) is 14.0 Å². The van der Waals surface area contributed by atoms with Gasteiger partial charge in [0, 0.05) is 29.3 Å². The number of aromatic nitrogens is 4. The Bertz CT molecular complexity index is 1590. The van der Waals surface area contributed by atoms with Crippen molar-refractivity contribution >= 4 is 29.9 Å². The van der Waals surface area contributed by atoms with Crippen LogP contribution in [0, 0.1) is 19.7 Å². The molecule has 3 atom stereocenters. The molecule has 0 bridgehead atoms. The summed E-state index contributed by atoms with van der Waals surface area (Å²) < 4.78 is 58.0. The molecule has 0 aliphatic rings. The van der Waals surface area contributed by atoms with E-state index in [1.54, 1.807) is 46.0 Å². The zero-order valence-corrected chi connectivity index (χ0v) is 25.0. The molecular weight excluding hydrogens is 556 g/mol. The molecule has 0 saturated carbocycles. The first-order valence-corrected chi connectivity index (χ1v) is 14.9. The number of methoxy groups -OCH3 is 1. The topological polar surface area (TPSA) is 138 Å². The minimum Gasteiger partial charge on any atom is -0.489 e. The summed E-state index contributed by atoms with van der Waals surface area (Å²) in [6, 6.07) is 4.11. The molecule has 0 aliphatic heterocycles. The number of carbonyl (C=O) groups is 1. The predicted octanol–water partition coefficient (Wildman–Crippen LogP) is 5.27. The molecule has 12 nitrogen and oxygen atoms in total. The summed E-state index contributed by atoms with van der Waals surface area (Å²) in [6.45, 7) is 10.3. The minimum atomic E-state index is -3.60. The van der Waals surface area contributed by atoms with Crippen molar-refractivity contribution in [2.45, 2.75) is 59.8 Å². The predicted molar refractivity (Wildman–Crippen MR) is 150 cm³/mol. The fourth-order valence-corrected chi connectivity index (χ4v) is 6.15. The lowest BCUT2D eigenvalue weighted by molar-refractivity contribution is -0.149. The van der Waals surface area contributed by atoms with Crippen LogP contribution in [0.2, 0.25) is 0 Å². The van der Waals surface area contributed by atoms with E-state index >= 15 is 4.39 Å². The van der Waals surface area contributed by atoms with Crippen LogP contribution in [0.5, 0.6) is 17.4 Å². The van der Waals surface area contributed by atoms with E-state index in [2.05, 4.69) is 20.2 Å². The van der Waals surface area contributed by atoms with Gasteiger partial charge in [-0.05, 0) is 59.7 Å². The van der Waals surface area contributed by atoms with Gasteiger partial charge in [-0.15, -0.1) is 0 Å². The van der Waals surface area contributed by atoms with Crippen LogP contribution in [0.25, 0.3) is 16.4 Å². The van der Waals surface area contributed by atoms with Gasteiger partial charge in [0.1, 0.15) is 36.6 Å². The maximum atomic E-state index is 15.2. The van der Waals surface area contributed by atoms with E-state index < -0.39 is 31.5 Å². The van der Waals surface area contributed by atoms with E-state index in [4.69, 9.17) is 23.5 Å². The Hall–Kier alpha value is -3.51.